The Labute approximate surface area is 134 Å². The van der Waals surface area contributed by atoms with Gasteiger partial charge in [-0.25, -0.2) is 10.4 Å². The van der Waals surface area contributed by atoms with Gasteiger partial charge in [0.2, 0.25) is 0 Å². The monoisotopic (exact) mass is 322 g/mol. The lowest BCUT2D eigenvalue weighted by atomic mass is 10.1. The summed E-state index contributed by atoms with van der Waals surface area (Å²) in [6.45, 7) is 2.56. The summed E-state index contributed by atoms with van der Waals surface area (Å²) >= 11 is 6.32. The maximum absolute atomic E-state index is 9.13. The topological polar surface area (TPSA) is 81.5 Å². The number of aliphatic hydroxyl groups is 2. The lowest BCUT2D eigenvalue weighted by molar-refractivity contribution is 0.275. The second kappa shape index (κ2) is 8.05. The lowest BCUT2D eigenvalue weighted by Gasteiger charge is -2.24. The first-order chi connectivity index (χ1) is 10.7. The van der Waals surface area contributed by atoms with Crippen LogP contribution in [-0.2, 0) is 0 Å². The van der Waals surface area contributed by atoms with Gasteiger partial charge in [0, 0.05) is 36.3 Å². The molecule has 0 bridgehead atoms. The van der Waals surface area contributed by atoms with E-state index in [4.69, 9.17) is 21.8 Å². The maximum atomic E-state index is 9.13. The second-order valence-corrected chi connectivity index (χ2v) is 5.19. The molecule has 0 aliphatic carbocycles. The molecule has 6 nitrogen and oxygen atoms in total. The van der Waals surface area contributed by atoms with E-state index in [1.807, 2.05) is 19.1 Å². The molecule has 2 aromatic rings. The highest BCUT2D eigenvalue weighted by atomic mass is 35.5. The number of hydrogen-bond acceptors (Lipinski definition) is 6. The highest BCUT2D eigenvalue weighted by Crippen LogP contribution is 2.28. The van der Waals surface area contributed by atoms with Crippen molar-refractivity contribution in [3.05, 3.63) is 41.3 Å². The van der Waals surface area contributed by atoms with Crippen molar-refractivity contribution in [2.24, 2.45) is 0 Å². The summed E-state index contributed by atoms with van der Waals surface area (Å²) in [6, 6.07) is 3.82. The molecule has 0 radical (unpaired) electrons. The zero-order valence-corrected chi connectivity index (χ0v) is 13.1. The van der Waals surface area contributed by atoms with Crippen LogP contribution in [-0.4, -0.2) is 46.5 Å². The van der Waals surface area contributed by atoms with Crippen molar-refractivity contribution in [1.29, 1.82) is 0 Å². The minimum Gasteiger partial charge on any atom is -0.395 e. The quantitative estimate of drug-likeness (QED) is 0.669. The van der Waals surface area contributed by atoms with Crippen molar-refractivity contribution in [3.63, 3.8) is 0 Å². The molecule has 3 N–H and O–H groups in total. The number of rotatable bonds is 7. The van der Waals surface area contributed by atoms with Crippen LogP contribution >= 0.6 is 11.6 Å². The van der Waals surface area contributed by atoms with Gasteiger partial charge in [-0.1, -0.05) is 11.6 Å². The lowest BCUT2D eigenvalue weighted by Crippen LogP contribution is -2.42. The number of aryl methyl sites for hydroxylation is 1. The van der Waals surface area contributed by atoms with Gasteiger partial charge in [0.05, 0.1) is 24.8 Å². The van der Waals surface area contributed by atoms with E-state index < -0.39 is 0 Å². The number of anilines is 1. The number of aromatic nitrogens is 2. The standard InChI is InChI=1S/C15H19ClN4O2/c1-11-6-12(9-17-8-11)13-7-14(16)15(18-10-13)20(3-5-22)19-2-4-21/h6-10,19,21-22H,2-5H2,1H3. The van der Waals surface area contributed by atoms with E-state index in [9.17, 15) is 0 Å². The number of hydrogen-bond donors (Lipinski definition) is 3. The molecule has 0 spiro atoms. The predicted molar refractivity (Wildman–Crippen MR) is 86.7 cm³/mol. The normalized spacial score (nSPS) is 10.7. The van der Waals surface area contributed by atoms with E-state index in [0.717, 1.165) is 16.7 Å². The van der Waals surface area contributed by atoms with E-state index in [2.05, 4.69) is 15.4 Å². The first-order valence-corrected chi connectivity index (χ1v) is 7.34. The van der Waals surface area contributed by atoms with Crippen molar-refractivity contribution in [1.82, 2.24) is 15.4 Å². The Morgan fingerprint density at radius 2 is 1.91 bits per heavy atom. The molecule has 22 heavy (non-hydrogen) atoms. The predicted octanol–water partition coefficient (Wildman–Crippen LogP) is 1.40. The van der Waals surface area contributed by atoms with Crippen molar-refractivity contribution >= 4 is 17.4 Å². The molecule has 0 aliphatic rings. The molecule has 0 saturated carbocycles. The Morgan fingerprint density at radius 3 is 2.55 bits per heavy atom. The van der Waals surface area contributed by atoms with Crippen molar-refractivity contribution in [2.45, 2.75) is 6.92 Å². The van der Waals surface area contributed by atoms with Crippen LogP contribution < -0.4 is 10.4 Å². The Morgan fingerprint density at radius 1 is 1.14 bits per heavy atom. The third kappa shape index (κ3) is 4.14. The molecule has 2 heterocycles. The average molecular weight is 323 g/mol. The minimum atomic E-state index is -0.0556. The molecule has 0 atom stereocenters. The minimum absolute atomic E-state index is 0.0212. The molecule has 0 unspecified atom stereocenters. The summed E-state index contributed by atoms with van der Waals surface area (Å²) in [7, 11) is 0. The summed E-state index contributed by atoms with van der Waals surface area (Å²) in [6.07, 6.45) is 5.26. The second-order valence-electron chi connectivity index (χ2n) is 4.79. The smallest absolute Gasteiger partial charge is 0.161 e. The van der Waals surface area contributed by atoms with Crippen LogP contribution in [0.4, 0.5) is 5.82 Å². The summed E-state index contributed by atoms with van der Waals surface area (Å²) in [5, 5.41) is 20.1. The molecule has 2 rings (SSSR count). The fourth-order valence-corrected chi connectivity index (χ4v) is 2.31. The Bertz CT molecular complexity index is 624. The number of nitrogens with zero attached hydrogens (tertiary/aromatic N) is 3. The molecule has 118 valence electrons. The van der Waals surface area contributed by atoms with Crippen LogP contribution in [0.2, 0.25) is 5.02 Å². The van der Waals surface area contributed by atoms with Crippen molar-refractivity contribution in [2.75, 3.05) is 31.3 Å². The third-order valence-electron chi connectivity index (χ3n) is 3.02. The molecule has 0 saturated heterocycles. The van der Waals surface area contributed by atoms with E-state index in [1.54, 1.807) is 23.6 Å². The molecule has 7 heteroatoms. The summed E-state index contributed by atoms with van der Waals surface area (Å²) in [5.74, 6) is 0.508. The Hall–Kier alpha value is -1.73. The number of aliphatic hydroxyl groups excluding tert-OH is 2. The van der Waals surface area contributed by atoms with E-state index >= 15 is 0 Å². The summed E-state index contributed by atoms with van der Waals surface area (Å²) < 4.78 is 0. The van der Waals surface area contributed by atoms with Gasteiger partial charge in [0.1, 0.15) is 0 Å². The molecule has 0 aromatic carbocycles. The van der Waals surface area contributed by atoms with Gasteiger partial charge in [0.25, 0.3) is 0 Å². The van der Waals surface area contributed by atoms with Crippen molar-refractivity contribution in [3.8, 4) is 11.1 Å². The SMILES string of the molecule is Cc1cncc(-c2cnc(N(CCO)NCCO)c(Cl)c2)c1. The summed E-state index contributed by atoms with van der Waals surface area (Å²) in [4.78, 5) is 8.53. The number of halogens is 1. The van der Waals surface area contributed by atoms with Crippen LogP contribution in [0.5, 0.6) is 0 Å². The van der Waals surface area contributed by atoms with Gasteiger partial charge in [-0.3, -0.25) is 9.99 Å². The van der Waals surface area contributed by atoms with Crippen LogP contribution in [0.3, 0.4) is 0 Å². The van der Waals surface area contributed by atoms with Crippen LogP contribution in [0.1, 0.15) is 5.56 Å². The van der Waals surface area contributed by atoms with Gasteiger partial charge in [0.15, 0.2) is 5.82 Å². The zero-order chi connectivity index (χ0) is 15.9. The van der Waals surface area contributed by atoms with Crippen LogP contribution in [0.15, 0.2) is 30.7 Å². The van der Waals surface area contributed by atoms with Gasteiger partial charge >= 0.3 is 0 Å². The Balaban J connectivity index is 2.28. The molecule has 0 amide bonds. The third-order valence-corrected chi connectivity index (χ3v) is 3.30. The van der Waals surface area contributed by atoms with Crippen molar-refractivity contribution < 1.29 is 10.2 Å². The maximum Gasteiger partial charge on any atom is 0.161 e. The van der Waals surface area contributed by atoms with E-state index in [-0.39, 0.29) is 13.2 Å². The highest BCUT2D eigenvalue weighted by Gasteiger charge is 2.12. The molecular weight excluding hydrogens is 304 g/mol. The first-order valence-electron chi connectivity index (χ1n) is 6.96. The van der Waals surface area contributed by atoms with Gasteiger partial charge in [-0.15, -0.1) is 0 Å². The van der Waals surface area contributed by atoms with Crippen LogP contribution in [0, 0.1) is 6.92 Å². The number of hydrazine groups is 1. The zero-order valence-electron chi connectivity index (χ0n) is 12.3. The van der Waals surface area contributed by atoms with E-state index in [1.165, 1.54) is 0 Å². The molecule has 0 aliphatic heterocycles. The molecule has 2 aromatic heterocycles. The van der Waals surface area contributed by atoms with E-state index in [0.29, 0.717) is 23.9 Å². The highest BCUT2D eigenvalue weighted by molar-refractivity contribution is 6.33. The van der Waals surface area contributed by atoms with Crippen LogP contribution in [0.25, 0.3) is 11.1 Å². The first kappa shape index (κ1) is 16.6. The molecule has 0 fully saturated rings. The van der Waals surface area contributed by atoms with Gasteiger partial charge < -0.3 is 10.2 Å². The fourth-order valence-electron chi connectivity index (χ4n) is 2.04. The summed E-state index contributed by atoms with van der Waals surface area (Å²) in [5.41, 5.74) is 5.83. The fraction of sp³-hybridized carbons (Fsp3) is 0.333. The molecular formula is C15H19ClN4O2. The number of pyridine rings is 2. The van der Waals surface area contributed by atoms with Gasteiger partial charge in [-0.05, 0) is 24.6 Å². The van der Waals surface area contributed by atoms with Gasteiger partial charge in [-0.2, -0.15) is 0 Å². The largest absolute Gasteiger partial charge is 0.395 e. The number of nitrogens with one attached hydrogen (secondary N) is 1. The Kier molecular flexibility index (Phi) is 6.09. The average Bonchev–Trinajstić information content (AvgIpc) is 2.51.